The minimum Gasteiger partial charge on any atom is -0.303 e. The van der Waals surface area contributed by atoms with Crippen LogP contribution in [-0.2, 0) is 0 Å². The molecule has 0 atom stereocenters. The van der Waals surface area contributed by atoms with Crippen LogP contribution in [-0.4, -0.2) is 24.5 Å². The third-order valence-electron chi connectivity index (χ3n) is 2.74. The second-order valence-corrected chi connectivity index (χ2v) is 4.15. The van der Waals surface area contributed by atoms with Crippen LogP contribution in [0.15, 0.2) is 0 Å². The van der Waals surface area contributed by atoms with Gasteiger partial charge >= 0.3 is 0 Å². The van der Waals surface area contributed by atoms with Crippen LogP contribution >= 0.6 is 0 Å². The van der Waals surface area contributed by atoms with Crippen LogP contribution in [0.3, 0.4) is 0 Å². The fraction of sp³-hybridized carbons (Fsp3) is 0.900. The van der Waals surface area contributed by atoms with Gasteiger partial charge < -0.3 is 4.90 Å². The van der Waals surface area contributed by atoms with Crippen LogP contribution in [0.2, 0.25) is 0 Å². The van der Waals surface area contributed by atoms with Crippen LogP contribution in [0.5, 0.6) is 0 Å². The molecule has 2 aliphatic carbocycles. The summed E-state index contributed by atoms with van der Waals surface area (Å²) in [6, 6.07) is 0. The molecule has 0 spiro atoms. The minimum absolute atomic E-state index is 1.02. The second-order valence-electron chi connectivity index (χ2n) is 4.15. The van der Waals surface area contributed by atoms with Gasteiger partial charge in [-0.05, 0) is 51.0 Å². The molecule has 0 heterocycles. The lowest BCUT2D eigenvalue weighted by molar-refractivity contribution is 0.277. The number of hydrogen-bond donors (Lipinski definition) is 0. The SMILES string of the molecule is [CH2]CN(CC1CC1)CC1CC1. The van der Waals surface area contributed by atoms with Crippen molar-refractivity contribution < 1.29 is 0 Å². The van der Waals surface area contributed by atoms with E-state index >= 15 is 0 Å². The maximum Gasteiger partial charge on any atom is 0.000978 e. The van der Waals surface area contributed by atoms with Crippen molar-refractivity contribution in [2.24, 2.45) is 11.8 Å². The Morgan fingerprint density at radius 3 is 1.73 bits per heavy atom. The molecule has 0 aromatic carbocycles. The average Bonchev–Trinajstić information content (AvgIpc) is 2.78. The molecule has 11 heavy (non-hydrogen) atoms. The lowest BCUT2D eigenvalue weighted by Gasteiger charge is -2.19. The summed E-state index contributed by atoms with van der Waals surface area (Å²) in [7, 11) is 0. The van der Waals surface area contributed by atoms with Gasteiger partial charge in [-0.1, -0.05) is 0 Å². The van der Waals surface area contributed by atoms with Gasteiger partial charge in [-0.2, -0.15) is 0 Å². The zero-order valence-corrected chi connectivity index (χ0v) is 7.26. The number of nitrogens with zero attached hydrogens (tertiary/aromatic N) is 1. The van der Waals surface area contributed by atoms with Gasteiger partial charge in [-0.3, -0.25) is 0 Å². The van der Waals surface area contributed by atoms with E-state index in [0.717, 1.165) is 18.4 Å². The van der Waals surface area contributed by atoms with Crippen LogP contribution < -0.4 is 0 Å². The highest BCUT2D eigenvalue weighted by atomic mass is 15.1. The summed E-state index contributed by atoms with van der Waals surface area (Å²) >= 11 is 0. The molecule has 63 valence electrons. The predicted molar refractivity (Wildman–Crippen MR) is 47.2 cm³/mol. The average molecular weight is 152 g/mol. The van der Waals surface area contributed by atoms with Crippen molar-refractivity contribution in [2.75, 3.05) is 19.6 Å². The van der Waals surface area contributed by atoms with Crippen molar-refractivity contribution >= 4 is 0 Å². The Labute approximate surface area is 69.8 Å². The zero-order chi connectivity index (χ0) is 7.68. The highest BCUT2D eigenvalue weighted by Crippen LogP contribution is 2.33. The van der Waals surface area contributed by atoms with E-state index in [9.17, 15) is 0 Å². The molecular weight excluding hydrogens is 134 g/mol. The lowest BCUT2D eigenvalue weighted by atomic mass is 10.3. The number of hydrogen-bond acceptors (Lipinski definition) is 1. The lowest BCUT2D eigenvalue weighted by Crippen LogP contribution is -2.27. The molecule has 2 fully saturated rings. The molecule has 2 rings (SSSR count). The van der Waals surface area contributed by atoms with Gasteiger partial charge in [-0.25, -0.2) is 0 Å². The Bertz CT molecular complexity index is 111. The van der Waals surface area contributed by atoms with Crippen LogP contribution in [0.1, 0.15) is 25.7 Å². The topological polar surface area (TPSA) is 3.24 Å². The highest BCUT2D eigenvalue weighted by molar-refractivity contribution is 4.82. The fourth-order valence-corrected chi connectivity index (χ4v) is 1.59. The molecule has 0 amide bonds. The third-order valence-corrected chi connectivity index (χ3v) is 2.74. The summed E-state index contributed by atoms with van der Waals surface area (Å²) in [4.78, 5) is 2.54. The monoisotopic (exact) mass is 152 g/mol. The summed E-state index contributed by atoms with van der Waals surface area (Å²) in [5.74, 6) is 2.07. The molecule has 0 aliphatic heterocycles. The molecule has 0 bridgehead atoms. The second kappa shape index (κ2) is 3.14. The Hall–Kier alpha value is -0.0400. The normalized spacial score (nSPS) is 24.5. The van der Waals surface area contributed by atoms with Crippen molar-refractivity contribution in [3.63, 3.8) is 0 Å². The Morgan fingerprint density at radius 2 is 1.45 bits per heavy atom. The first-order valence-corrected chi connectivity index (χ1v) is 4.90. The van der Waals surface area contributed by atoms with Crippen molar-refractivity contribution in [3.8, 4) is 0 Å². The van der Waals surface area contributed by atoms with Gasteiger partial charge in [0.25, 0.3) is 0 Å². The molecular formula is C10H18N. The van der Waals surface area contributed by atoms with Gasteiger partial charge in [0, 0.05) is 13.1 Å². The largest absolute Gasteiger partial charge is 0.303 e. The number of rotatable bonds is 5. The van der Waals surface area contributed by atoms with Crippen LogP contribution in [0.4, 0.5) is 0 Å². The quantitative estimate of drug-likeness (QED) is 0.582. The first kappa shape index (κ1) is 7.60. The predicted octanol–water partition coefficient (Wildman–Crippen LogP) is 1.94. The van der Waals surface area contributed by atoms with E-state index in [1.54, 1.807) is 0 Å². The van der Waals surface area contributed by atoms with E-state index in [1.165, 1.54) is 38.8 Å². The molecule has 1 radical (unpaired) electrons. The molecule has 0 aromatic rings. The van der Waals surface area contributed by atoms with Gasteiger partial charge in [-0.15, -0.1) is 0 Å². The highest BCUT2D eigenvalue weighted by Gasteiger charge is 2.28. The van der Waals surface area contributed by atoms with Gasteiger partial charge in [0.2, 0.25) is 0 Å². The molecule has 0 aromatic heterocycles. The summed E-state index contributed by atoms with van der Waals surface area (Å²) in [5, 5.41) is 0. The summed E-state index contributed by atoms with van der Waals surface area (Å²) in [5.41, 5.74) is 0. The Kier molecular flexibility index (Phi) is 2.17. The van der Waals surface area contributed by atoms with E-state index in [-0.39, 0.29) is 0 Å². The van der Waals surface area contributed by atoms with E-state index in [0.29, 0.717) is 0 Å². The fourth-order valence-electron chi connectivity index (χ4n) is 1.59. The molecule has 0 saturated heterocycles. The molecule has 0 N–H and O–H groups in total. The van der Waals surface area contributed by atoms with E-state index in [4.69, 9.17) is 0 Å². The molecule has 0 unspecified atom stereocenters. The Balaban J connectivity index is 1.65. The van der Waals surface area contributed by atoms with E-state index in [2.05, 4.69) is 11.8 Å². The molecule has 1 heteroatoms. The molecule has 2 saturated carbocycles. The molecule has 2 aliphatic rings. The first-order chi connectivity index (χ1) is 5.38. The van der Waals surface area contributed by atoms with Gasteiger partial charge in [0.1, 0.15) is 0 Å². The summed E-state index contributed by atoms with van der Waals surface area (Å²) < 4.78 is 0. The standard InChI is InChI=1S/C10H18N/c1-2-11(7-9-3-4-9)8-10-5-6-10/h9-10H,1-8H2. The van der Waals surface area contributed by atoms with Crippen molar-refractivity contribution in [3.05, 3.63) is 6.92 Å². The molecule has 1 nitrogen and oxygen atoms in total. The van der Waals surface area contributed by atoms with Crippen molar-refractivity contribution in [1.82, 2.24) is 4.90 Å². The van der Waals surface area contributed by atoms with Crippen molar-refractivity contribution in [1.29, 1.82) is 0 Å². The minimum atomic E-state index is 1.02. The van der Waals surface area contributed by atoms with Gasteiger partial charge in [0.15, 0.2) is 0 Å². The third kappa shape index (κ3) is 2.48. The first-order valence-electron chi connectivity index (χ1n) is 4.90. The zero-order valence-electron chi connectivity index (χ0n) is 7.26. The smallest absolute Gasteiger partial charge is 0.000978 e. The van der Waals surface area contributed by atoms with Crippen molar-refractivity contribution in [2.45, 2.75) is 25.7 Å². The van der Waals surface area contributed by atoms with E-state index in [1.807, 2.05) is 0 Å². The van der Waals surface area contributed by atoms with Gasteiger partial charge in [0.05, 0.1) is 0 Å². The van der Waals surface area contributed by atoms with Crippen LogP contribution in [0.25, 0.3) is 0 Å². The summed E-state index contributed by atoms with van der Waals surface area (Å²) in [6.45, 7) is 7.66. The summed E-state index contributed by atoms with van der Waals surface area (Å²) in [6.07, 6.45) is 5.89. The Morgan fingerprint density at radius 1 is 1.00 bits per heavy atom. The van der Waals surface area contributed by atoms with E-state index < -0.39 is 0 Å². The maximum absolute atomic E-state index is 3.97. The van der Waals surface area contributed by atoms with Crippen LogP contribution in [0, 0.1) is 18.8 Å². The maximum atomic E-state index is 3.97.